The van der Waals surface area contributed by atoms with Crippen molar-refractivity contribution in [3.63, 3.8) is 0 Å². The molecule has 2 nitrogen and oxygen atoms in total. The molecule has 0 aromatic heterocycles. The molecule has 0 saturated heterocycles. The Labute approximate surface area is 119 Å². The van der Waals surface area contributed by atoms with Crippen LogP contribution in [0.15, 0.2) is 42.5 Å². The largest absolute Gasteiger partial charge is 0.484 e. The number of hydrogen-bond donors (Lipinski definition) is 1. The van der Waals surface area contributed by atoms with Crippen molar-refractivity contribution >= 4 is 11.6 Å². The van der Waals surface area contributed by atoms with Gasteiger partial charge < -0.3 is 10.5 Å². The molecule has 3 heteroatoms. The smallest absolute Gasteiger partial charge is 0.136 e. The minimum Gasteiger partial charge on any atom is -0.484 e. The summed E-state index contributed by atoms with van der Waals surface area (Å²) in [6, 6.07) is 13.8. The van der Waals surface area contributed by atoms with Crippen LogP contribution in [0.4, 0.5) is 0 Å². The van der Waals surface area contributed by atoms with Crippen molar-refractivity contribution in [2.75, 3.05) is 6.54 Å². The normalized spacial score (nSPS) is 12.2. The number of rotatable bonds is 4. The highest BCUT2D eigenvalue weighted by Crippen LogP contribution is 2.24. The molecule has 2 aromatic carbocycles. The van der Waals surface area contributed by atoms with Gasteiger partial charge in [-0.3, -0.25) is 0 Å². The molecule has 0 aliphatic rings. The second-order valence-corrected chi connectivity index (χ2v) is 5.15. The second-order valence-electron chi connectivity index (χ2n) is 4.72. The maximum atomic E-state index is 5.98. The fraction of sp³-hybridized carbons (Fsp3) is 0.250. The van der Waals surface area contributed by atoms with Crippen molar-refractivity contribution in [1.29, 1.82) is 0 Å². The molecule has 2 rings (SSSR count). The van der Waals surface area contributed by atoms with E-state index in [4.69, 9.17) is 22.1 Å². The summed E-state index contributed by atoms with van der Waals surface area (Å²) < 4.78 is 5.98. The third-order valence-electron chi connectivity index (χ3n) is 2.93. The summed E-state index contributed by atoms with van der Waals surface area (Å²) in [6.07, 6.45) is -0.154. The Hall–Kier alpha value is -1.51. The lowest BCUT2D eigenvalue weighted by Gasteiger charge is -2.18. The van der Waals surface area contributed by atoms with Crippen molar-refractivity contribution in [1.82, 2.24) is 0 Å². The van der Waals surface area contributed by atoms with Crippen LogP contribution in [0.2, 0.25) is 5.02 Å². The summed E-state index contributed by atoms with van der Waals surface area (Å²) >= 11 is 5.89. The van der Waals surface area contributed by atoms with Crippen LogP contribution in [0, 0.1) is 13.8 Å². The zero-order valence-corrected chi connectivity index (χ0v) is 11.9. The number of hydrogen-bond acceptors (Lipinski definition) is 2. The van der Waals surface area contributed by atoms with Gasteiger partial charge in [-0.25, -0.2) is 0 Å². The Morgan fingerprint density at radius 2 is 1.63 bits per heavy atom. The van der Waals surface area contributed by atoms with Crippen molar-refractivity contribution in [2.45, 2.75) is 20.0 Å². The van der Waals surface area contributed by atoms with Crippen LogP contribution in [0.3, 0.4) is 0 Å². The summed E-state index contributed by atoms with van der Waals surface area (Å²) in [6.45, 7) is 4.54. The van der Waals surface area contributed by atoms with E-state index in [-0.39, 0.29) is 6.10 Å². The summed E-state index contributed by atoms with van der Waals surface area (Å²) in [4.78, 5) is 0. The minimum atomic E-state index is -0.154. The molecule has 19 heavy (non-hydrogen) atoms. The maximum absolute atomic E-state index is 5.98. The Morgan fingerprint density at radius 1 is 1.05 bits per heavy atom. The number of nitrogens with two attached hydrogens (primary N) is 1. The van der Waals surface area contributed by atoms with Crippen LogP contribution in [0.25, 0.3) is 0 Å². The molecule has 0 aliphatic heterocycles. The Kier molecular flexibility index (Phi) is 4.46. The van der Waals surface area contributed by atoms with Crippen molar-refractivity contribution in [2.24, 2.45) is 5.73 Å². The second kappa shape index (κ2) is 6.09. The van der Waals surface area contributed by atoms with Crippen molar-refractivity contribution < 1.29 is 4.74 Å². The molecule has 2 N–H and O–H groups in total. The van der Waals surface area contributed by atoms with E-state index in [1.54, 1.807) is 0 Å². The SMILES string of the molecule is Cc1cc(C)cc(OC(CN)c2ccc(Cl)cc2)c1. The first-order valence-electron chi connectivity index (χ1n) is 6.29. The first kappa shape index (κ1) is 13.9. The molecule has 0 spiro atoms. The molecule has 0 saturated carbocycles. The van der Waals surface area contributed by atoms with E-state index in [0.717, 1.165) is 11.3 Å². The molecule has 0 fully saturated rings. The lowest BCUT2D eigenvalue weighted by atomic mass is 10.1. The number of aryl methyl sites for hydroxylation is 2. The van der Waals surface area contributed by atoms with Crippen LogP contribution >= 0.6 is 11.6 Å². The van der Waals surface area contributed by atoms with Crippen molar-refractivity contribution in [3.8, 4) is 5.75 Å². The van der Waals surface area contributed by atoms with Crippen molar-refractivity contribution in [3.05, 3.63) is 64.2 Å². The third-order valence-corrected chi connectivity index (χ3v) is 3.18. The molecule has 1 unspecified atom stereocenters. The first-order valence-corrected chi connectivity index (χ1v) is 6.67. The Morgan fingerprint density at radius 3 is 2.16 bits per heavy atom. The van der Waals surface area contributed by atoms with E-state index >= 15 is 0 Å². The first-order chi connectivity index (χ1) is 9.08. The Bertz CT molecular complexity index is 531. The van der Waals surface area contributed by atoms with Crippen LogP contribution in [-0.2, 0) is 0 Å². The molecule has 0 aliphatic carbocycles. The number of benzene rings is 2. The quantitative estimate of drug-likeness (QED) is 0.914. The van der Waals surface area contributed by atoms with E-state index < -0.39 is 0 Å². The van der Waals surface area contributed by atoms with E-state index in [1.165, 1.54) is 11.1 Å². The van der Waals surface area contributed by atoms with Crippen LogP contribution in [-0.4, -0.2) is 6.54 Å². The highest BCUT2D eigenvalue weighted by Gasteiger charge is 2.11. The predicted octanol–water partition coefficient (Wildman–Crippen LogP) is 4.04. The van der Waals surface area contributed by atoms with Gasteiger partial charge in [0.05, 0.1) is 0 Å². The monoisotopic (exact) mass is 275 g/mol. The molecule has 0 amide bonds. The predicted molar refractivity (Wildman–Crippen MR) is 79.8 cm³/mol. The summed E-state index contributed by atoms with van der Waals surface area (Å²) in [5, 5.41) is 0.714. The number of ether oxygens (including phenoxy) is 1. The standard InChI is InChI=1S/C16H18ClNO/c1-11-7-12(2)9-15(8-11)19-16(10-18)13-3-5-14(17)6-4-13/h3-9,16H,10,18H2,1-2H3. The van der Waals surface area contributed by atoms with Crippen LogP contribution in [0.1, 0.15) is 22.8 Å². The van der Waals surface area contributed by atoms with E-state index in [1.807, 2.05) is 36.4 Å². The molecular weight excluding hydrogens is 258 g/mol. The van der Waals surface area contributed by atoms with Gasteiger partial charge in [0.2, 0.25) is 0 Å². The van der Waals surface area contributed by atoms with Gasteiger partial charge in [0.25, 0.3) is 0 Å². The third kappa shape index (κ3) is 3.72. The Balaban J connectivity index is 2.21. The lowest BCUT2D eigenvalue weighted by molar-refractivity contribution is 0.214. The molecular formula is C16H18ClNO. The molecule has 2 aromatic rings. The van der Waals surface area contributed by atoms with Gasteiger partial charge in [-0.15, -0.1) is 0 Å². The molecule has 0 bridgehead atoms. The highest BCUT2D eigenvalue weighted by atomic mass is 35.5. The lowest BCUT2D eigenvalue weighted by Crippen LogP contribution is -2.18. The maximum Gasteiger partial charge on any atom is 0.136 e. The number of halogens is 1. The van der Waals surface area contributed by atoms with E-state index in [9.17, 15) is 0 Å². The van der Waals surface area contributed by atoms with Crippen LogP contribution < -0.4 is 10.5 Å². The highest BCUT2D eigenvalue weighted by molar-refractivity contribution is 6.30. The average molecular weight is 276 g/mol. The summed E-state index contributed by atoms with van der Waals surface area (Å²) in [7, 11) is 0. The van der Waals surface area contributed by atoms with E-state index in [0.29, 0.717) is 11.6 Å². The van der Waals surface area contributed by atoms with Gasteiger partial charge in [0.1, 0.15) is 11.9 Å². The minimum absolute atomic E-state index is 0.154. The molecule has 0 heterocycles. The fourth-order valence-electron chi connectivity index (χ4n) is 2.09. The van der Waals surface area contributed by atoms with Gasteiger partial charge >= 0.3 is 0 Å². The van der Waals surface area contributed by atoms with E-state index in [2.05, 4.69) is 19.9 Å². The van der Waals surface area contributed by atoms with Gasteiger partial charge in [0, 0.05) is 11.6 Å². The molecule has 1 atom stereocenters. The average Bonchev–Trinajstić information content (AvgIpc) is 2.36. The van der Waals surface area contributed by atoms with Gasteiger partial charge in [0.15, 0.2) is 0 Å². The fourth-order valence-corrected chi connectivity index (χ4v) is 2.22. The van der Waals surface area contributed by atoms with Gasteiger partial charge in [-0.05, 0) is 54.8 Å². The summed E-state index contributed by atoms with van der Waals surface area (Å²) in [5.74, 6) is 0.850. The zero-order chi connectivity index (χ0) is 13.8. The zero-order valence-electron chi connectivity index (χ0n) is 11.2. The van der Waals surface area contributed by atoms with Gasteiger partial charge in [-0.2, -0.15) is 0 Å². The molecule has 100 valence electrons. The van der Waals surface area contributed by atoms with Gasteiger partial charge in [-0.1, -0.05) is 29.8 Å². The summed E-state index contributed by atoms with van der Waals surface area (Å²) in [5.41, 5.74) is 9.21. The molecule has 0 radical (unpaired) electrons. The van der Waals surface area contributed by atoms with Crippen LogP contribution in [0.5, 0.6) is 5.75 Å². The topological polar surface area (TPSA) is 35.2 Å².